The molecule has 0 unspecified atom stereocenters. The lowest BCUT2D eigenvalue weighted by Crippen LogP contribution is -1.99. The summed E-state index contributed by atoms with van der Waals surface area (Å²) in [6.45, 7) is 4.45. The summed E-state index contributed by atoms with van der Waals surface area (Å²) >= 11 is 3.44. The van der Waals surface area contributed by atoms with E-state index in [2.05, 4.69) is 22.0 Å². The van der Waals surface area contributed by atoms with Crippen molar-refractivity contribution < 1.29 is 4.74 Å². The molecule has 2 rings (SSSR count). The van der Waals surface area contributed by atoms with Gasteiger partial charge in [-0.2, -0.15) is 5.26 Å². The van der Waals surface area contributed by atoms with E-state index < -0.39 is 0 Å². The molecule has 0 aromatic heterocycles. The molecule has 0 amide bonds. The molecule has 2 aromatic carbocycles. The van der Waals surface area contributed by atoms with Gasteiger partial charge in [0.25, 0.3) is 0 Å². The number of benzene rings is 2. The van der Waals surface area contributed by atoms with Crippen LogP contribution in [0.1, 0.15) is 22.3 Å². The molecule has 0 bridgehead atoms. The van der Waals surface area contributed by atoms with Gasteiger partial charge in [-0.15, -0.1) is 0 Å². The Kier molecular flexibility index (Phi) is 4.24. The Morgan fingerprint density at radius 2 is 1.84 bits per heavy atom. The van der Waals surface area contributed by atoms with Gasteiger partial charge in [0.15, 0.2) is 0 Å². The zero-order valence-electron chi connectivity index (χ0n) is 10.9. The molecule has 0 saturated carbocycles. The Morgan fingerprint density at radius 3 is 2.42 bits per heavy atom. The van der Waals surface area contributed by atoms with Crippen LogP contribution in [0.25, 0.3) is 0 Å². The van der Waals surface area contributed by atoms with E-state index in [0.717, 1.165) is 26.9 Å². The van der Waals surface area contributed by atoms with Crippen molar-refractivity contribution in [1.82, 2.24) is 0 Å². The molecular weight excluding hydrogens is 302 g/mol. The van der Waals surface area contributed by atoms with Crippen molar-refractivity contribution in [3.63, 3.8) is 0 Å². The molecule has 19 heavy (non-hydrogen) atoms. The Bertz CT molecular complexity index is 620. The third-order valence-corrected chi connectivity index (χ3v) is 3.35. The lowest BCUT2D eigenvalue weighted by molar-refractivity contribution is 0.302. The highest BCUT2D eigenvalue weighted by Crippen LogP contribution is 2.25. The standard InChI is InChI=1S/C16H14BrNO/c1-11-6-14(9-18)7-12(2)16(11)19-10-13-4-3-5-15(17)8-13/h3-8H,10H2,1-2H3. The number of aryl methyl sites for hydroxylation is 2. The lowest BCUT2D eigenvalue weighted by Gasteiger charge is -2.12. The number of rotatable bonds is 3. The summed E-state index contributed by atoms with van der Waals surface area (Å²) in [7, 11) is 0. The van der Waals surface area contributed by atoms with Gasteiger partial charge < -0.3 is 4.74 Å². The van der Waals surface area contributed by atoms with E-state index in [1.807, 2.05) is 50.2 Å². The minimum Gasteiger partial charge on any atom is -0.488 e. The third kappa shape index (κ3) is 3.36. The fraction of sp³-hybridized carbons (Fsp3) is 0.188. The molecule has 0 atom stereocenters. The first-order valence-corrected chi connectivity index (χ1v) is 6.78. The first-order valence-electron chi connectivity index (χ1n) is 5.99. The SMILES string of the molecule is Cc1cc(C#N)cc(C)c1OCc1cccc(Br)c1. The zero-order valence-corrected chi connectivity index (χ0v) is 12.5. The summed E-state index contributed by atoms with van der Waals surface area (Å²) in [6.07, 6.45) is 0. The number of nitriles is 1. The van der Waals surface area contributed by atoms with Crippen LogP contribution in [0.15, 0.2) is 40.9 Å². The minimum atomic E-state index is 0.521. The van der Waals surface area contributed by atoms with Crippen LogP contribution in [-0.2, 0) is 6.61 Å². The summed E-state index contributed by atoms with van der Waals surface area (Å²) in [4.78, 5) is 0. The van der Waals surface area contributed by atoms with E-state index in [1.165, 1.54) is 0 Å². The van der Waals surface area contributed by atoms with Gasteiger partial charge in [-0.1, -0.05) is 28.1 Å². The average Bonchev–Trinajstić information content (AvgIpc) is 2.37. The highest BCUT2D eigenvalue weighted by Gasteiger charge is 2.06. The van der Waals surface area contributed by atoms with Gasteiger partial charge in [-0.25, -0.2) is 0 Å². The maximum atomic E-state index is 8.92. The van der Waals surface area contributed by atoms with E-state index in [1.54, 1.807) is 0 Å². The van der Waals surface area contributed by atoms with E-state index in [4.69, 9.17) is 10.00 Å². The molecule has 0 heterocycles. The molecule has 2 aromatic rings. The van der Waals surface area contributed by atoms with Gasteiger partial charge >= 0.3 is 0 Å². The van der Waals surface area contributed by atoms with Crippen molar-refractivity contribution in [1.29, 1.82) is 5.26 Å². The quantitative estimate of drug-likeness (QED) is 0.834. The van der Waals surface area contributed by atoms with Gasteiger partial charge in [0.2, 0.25) is 0 Å². The van der Waals surface area contributed by atoms with Crippen LogP contribution in [0, 0.1) is 25.2 Å². The minimum absolute atomic E-state index is 0.521. The van der Waals surface area contributed by atoms with Crippen molar-refractivity contribution in [3.8, 4) is 11.8 Å². The van der Waals surface area contributed by atoms with Gasteiger partial charge in [0.05, 0.1) is 11.6 Å². The van der Waals surface area contributed by atoms with Crippen LogP contribution in [0.2, 0.25) is 0 Å². The molecule has 2 nitrogen and oxygen atoms in total. The van der Waals surface area contributed by atoms with Gasteiger partial charge in [-0.05, 0) is 54.8 Å². The fourth-order valence-corrected chi connectivity index (χ4v) is 2.47. The second-order valence-corrected chi connectivity index (χ2v) is 5.39. The first-order chi connectivity index (χ1) is 9.10. The van der Waals surface area contributed by atoms with Crippen molar-refractivity contribution in [2.45, 2.75) is 20.5 Å². The normalized spacial score (nSPS) is 10.0. The third-order valence-electron chi connectivity index (χ3n) is 2.86. The van der Waals surface area contributed by atoms with Crippen LogP contribution in [-0.4, -0.2) is 0 Å². The largest absolute Gasteiger partial charge is 0.488 e. The number of hydrogen-bond acceptors (Lipinski definition) is 2. The van der Waals surface area contributed by atoms with Crippen molar-refractivity contribution in [2.75, 3.05) is 0 Å². The van der Waals surface area contributed by atoms with Crippen LogP contribution < -0.4 is 4.74 Å². The summed E-state index contributed by atoms with van der Waals surface area (Å²) in [5.41, 5.74) is 3.76. The number of hydrogen-bond donors (Lipinski definition) is 0. The Balaban J connectivity index is 2.18. The summed E-state index contributed by atoms with van der Waals surface area (Å²) in [6, 6.07) is 13.9. The molecule has 0 aliphatic rings. The average molecular weight is 316 g/mol. The highest BCUT2D eigenvalue weighted by atomic mass is 79.9. The highest BCUT2D eigenvalue weighted by molar-refractivity contribution is 9.10. The molecule has 0 spiro atoms. The smallest absolute Gasteiger partial charge is 0.125 e. The summed E-state index contributed by atoms with van der Waals surface area (Å²) in [5, 5.41) is 8.92. The van der Waals surface area contributed by atoms with Crippen molar-refractivity contribution in [2.24, 2.45) is 0 Å². The number of ether oxygens (including phenoxy) is 1. The molecule has 96 valence electrons. The number of nitrogens with zero attached hydrogens (tertiary/aromatic N) is 1. The monoisotopic (exact) mass is 315 g/mol. The molecule has 3 heteroatoms. The van der Waals surface area contributed by atoms with Gasteiger partial charge in [0, 0.05) is 4.47 Å². The molecule has 0 radical (unpaired) electrons. The predicted octanol–water partition coefficient (Wildman–Crippen LogP) is 4.52. The maximum Gasteiger partial charge on any atom is 0.125 e. The second-order valence-electron chi connectivity index (χ2n) is 4.47. The Labute approximate surface area is 121 Å². The molecule has 0 aliphatic carbocycles. The predicted molar refractivity (Wildman–Crippen MR) is 79.1 cm³/mol. The Hall–Kier alpha value is -1.79. The molecule has 0 fully saturated rings. The molecule has 0 saturated heterocycles. The molecule has 0 N–H and O–H groups in total. The number of halogens is 1. The van der Waals surface area contributed by atoms with E-state index in [9.17, 15) is 0 Å². The van der Waals surface area contributed by atoms with Gasteiger partial charge in [-0.3, -0.25) is 0 Å². The second kappa shape index (κ2) is 5.90. The molecule has 0 aliphatic heterocycles. The van der Waals surface area contributed by atoms with Crippen molar-refractivity contribution >= 4 is 15.9 Å². The molecular formula is C16H14BrNO. The van der Waals surface area contributed by atoms with Crippen LogP contribution in [0.5, 0.6) is 5.75 Å². The summed E-state index contributed by atoms with van der Waals surface area (Å²) in [5.74, 6) is 0.860. The van der Waals surface area contributed by atoms with E-state index in [0.29, 0.717) is 12.2 Å². The van der Waals surface area contributed by atoms with Crippen LogP contribution in [0.3, 0.4) is 0 Å². The summed E-state index contributed by atoms with van der Waals surface area (Å²) < 4.78 is 6.92. The van der Waals surface area contributed by atoms with Gasteiger partial charge in [0.1, 0.15) is 12.4 Å². The first kappa shape index (κ1) is 13.6. The van der Waals surface area contributed by atoms with E-state index >= 15 is 0 Å². The van der Waals surface area contributed by atoms with Crippen LogP contribution >= 0.6 is 15.9 Å². The maximum absolute atomic E-state index is 8.92. The lowest BCUT2D eigenvalue weighted by atomic mass is 10.1. The van der Waals surface area contributed by atoms with Crippen molar-refractivity contribution in [3.05, 3.63) is 63.1 Å². The van der Waals surface area contributed by atoms with Crippen LogP contribution in [0.4, 0.5) is 0 Å². The van der Waals surface area contributed by atoms with E-state index in [-0.39, 0.29) is 0 Å². The Morgan fingerprint density at radius 1 is 1.16 bits per heavy atom. The zero-order chi connectivity index (χ0) is 13.8. The topological polar surface area (TPSA) is 33.0 Å². The fourth-order valence-electron chi connectivity index (χ4n) is 2.02.